The molecule has 1 aromatic heterocycles. The fourth-order valence-corrected chi connectivity index (χ4v) is 8.32. The monoisotopic (exact) mass is 619 g/mol. The molecular weight excluding hydrogens is 583 g/mol. The number of fused-ring (bicyclic) bond motifs is 5. The van der Waals surface area contributed by atoms with Gasteiger partial charge >= 0.3 is 6.01 Å². The molecule has 0 saturated carbocycles. The highest BCUT2D eigenvalue weighted by atomic mass is 19.1. The van der Waals surface area contributed by atoms with Gasteiger partial charge in [-0.15, -0.1) is 0 Å². The van der Waals surface area contributed by atoms with Crippen LogP contribution < -0.4 is 15.0 Å². The molecule has 236 valence electrons. The Labute approximate surface area is 258 Å². The number of aliphatic hydroxyl groups excluding tert-OH is 1. The number of benzene rings is 3. The van der Waals surface area contributed by atoms with Crippen molar-refractivity contribution in [3.8, 4) is 22.9 Å². The van der Waals surface area contributed by atoms with Crippen LogP contribution in [0.1, 0.15) is 50.7 Å². The van der Waals surface area contributed by atoms with Gasteiger partial charge in [-0.3, -0.25) is 4.90 Å². The van der Waals surface area contributed by atoms with E-state index in [1.54, 1.807) is 25.1 Å². The van der Waals surface area contributed by atoms with Crippen LogP contribution in [0.5, 0.6) is 11.8 Å². The van der Waals surface area contributed by atoms with E-state index in [1.165, 1.54) is 18.2 Å². The molecule has 3 aromatic carbocycles. The number of phenols is 1. The highest BCUT2D eigenvalue weighted by Crippen LogP contribution is 2.44. The van der Waals surface area contributed by atoms with Crippen LogP contribution in [0.15, 0.2) is 36.4 Å². The van der Waals surface area contributed by atoms with Gasteiger partial charge in [0.15, 0.2) is 5.82 Å². The van der Waals surface area contributed by atoms with Gasteiger partial charge in [0, 0.05) is 43.5 Å². The predicted molar refractivity (Wildman–Crippen MR) is 165 cm³/mol. The lowest BCUT2D eigenvalue weighted by Gasteiger charge is -2.34. The number of aromatic nitrogens is 2. The molecule has 4 aromatic rings. The quantitative estimate of drug-likeness (QED) is 0.265. The van der Waals surface area contributed by atoms with Crippen molar-refractivity contribution in [2.45, 2.75) is 68.9 Å². The number of hydrogen-bond donors (Lipinski definition) is 3. The van der Waals surface area contributed by atoms with Crippen molar-refractivity contribution >= 4 is 27.5 Å². The van der Waals surface area contributed by atoms with Crippen LogP contribution in [-0.2, 0) is 0 Å². The SMILES string of the molecule is CC(O)c1cccc2cc(O)cc(-c3c(F)cc4c(N5CC6CCC(C5)N6)nc(OCC56CCCN5C[C@H](F)C6)nc4c3F)c12. The van der Waals surface area contributed by atoms with Gasteiger partial charge in [0.25, 0.3) is 0 Å². The first kappa shape index (κ1) is 28.8. The smallest absolute Gasteiger partial charge is 0.319 e. The first-order chi connectivity index (χ1) is 21.7. The minimum absolute atomic E-state index is 0.0335. The Morgan fingerprint density at radius 2 is 1.91 bits per heavy atom. The average Bonchev–Trinajstić information content (AvgIpc) is 3.65. The highest BCUT2D eigenvalue weighted by Gasteiger charge is 2.49. The largest absolute Gasteiger partial charge is 0.508 e. The van der Waals surface area contributed by atoms with Crippen LogP contribution >= 0.6 is 0 Å². The molecule has 4 aliphatic rings. The van der Waals surface area contributed by atoms with Gasteiger partial charge in [-0.1, -0.05) is 18.2 Å². The minimum atomic E-state index is -0.926. The number of aliphatic hydroxyl groups is 1. The summed E-state index contributed by atoms with van der Waals surface area (Å²) in [5.74, 6) is -1.50. The Bertz CT molecular complexity index is 1810. The van der Waals surface area contributed by atoms with E-state index < -0.39 is 29.4 Å². The number of nitrogens with zero attached hydrogens (tertiary/aromatic N) is 4. The van der Waals surface area contributed by atoms with Gasteiger partial charge in [0.2, 0.25) is 0 Å². The summed E-state index contributed by atoms with van der Waals surface area (Å²) in [5, 5.41) is 25.9. The number of hydrogen-bond acceptors (Lipinski definition) is 8. The zero-order valence-electron chi connectivity index (χ0n) is 25.1. The van der Waals surface area contributed by atoms with Crippen molar-refractivity contribution < 1.29 is 28.1 Å². The number of ether oxygens (including phenoxy) is 1. The lowest BCUT2D eigenvalue weighted by molar-refractivity contribution is 0.107. The summed E-state index contributed by atoms with van der Waals surface area (Å²) in [7, 11) is 0. The summed E-state index contributed by atoms with van der Waals surface area (Å²) in [5.41, 5.74) is -0.311. The molecular formula is C34H36F3N5O3. The van der Waals surface area contributed by atoms with E-state index in [2.05, 4.69) is 20.1 Å². The number of anilines is 1. The molecule has 4 fully saturated rings. The van der Waals surface area contributed by atoms with Crippen LogP contribution in [0.4, 0.5) is 19.0 Å². The fourth-order valence-electron chi connectivity index (χ4n) is 8.32. The van der Waals surface area contributed by atoms with Gasteiger partial charge in [-0.25, -0.2) is 13.2 Å². The molecule has 5 atom stereocenters. The molecule has 5 heterocycles. The Hall–Kier alpha value is -3.67. The first-order valence-corrected chi connectivity index (χ1v) is 15.9. The molecule has 4 saturated heterocycles. The van der Waals surface area contributed by atoms with Crippen molar-refractivity contribution in [2.24, 2.45) is 0 Å². The number of nitrogens with one attached hydrogen (secondary N) is 1. The van der Waals surface area contributed by atoms with E-state index in [0.717, 1.165) is 32.2 Å². The third-order valence-electron chi connectivity index (χ3n) is 10.3. The molecule has 3 N–H and O–H groups in total. The zero-order chi connectivity index (χ0) is 31.0. The summed E-state index contributed by atoms with van der Waals surface area (Å²) in [4.78, 5) is 13.5. The molecule has 0 spiro atoms. The number of halogens is 3. The van der Waals surface area contributed by atoms with Crippen molar-refractivity contribution in [3.05, 3.63) is 53.6 Å². The van der Waals surface area contributed by atoms with Gasteiger partial charge in [-0.05, 0) is 79.3 Å². The standard InChI is InChI=1S/C34H36F3N5O3/c1-18(43)24-5-2-4-19-10-23(44)11-25(28(19)24)29-27(36)12-26-31(30(29)37)39-33(40-32(26)41-15-21-6-7-22(16-41)38-21)45-17-34-8-3-9-42(34)14-20(35)13-34/h2,4-5,10-12,18,20-22,38,43-44H,3,6-9,13-17H2,1H3/t18?,20-,21?,22?,34?/m1/s1. The number of aromatic hydroxyl groups is 1. The first-order valence-electron chi connectivity index (χ1n) is 15.9. The Kier molecular flexibility index (Phi) is 6.85. The lowest BCUT2D eigenvalue weighted by atomic mass is 9.91. The van der Waals surface area contributed by atoms with Crippen molar-refractivity contribution in [3.63, 3.8) is 0 Å². The molecule has 0 aliphatic carbocycles. The van der Waals surface area contributed by atoms with E-state index in [9.17, 15) is 14.6 Å². The van der Waals surface area contributed by atoms with E-state index in [0.29, 0.717) is 48.2 Å². The Morgan fingerprint density at radius 3 is 2.69 bits per heavy atom. The van der Waals surface area contributed by atoms with E-state index in [1.807, 2.05) is 0 Å². The third-order valence-corrected chi connectivity index (χ3v) is 10.3. The normalized spacial score (nSPS) is 27.0. The summed E-state index contributed by atoms with van der Waals surface area (Å²) >= 11 is 0. The van der Waals surface area contributed by atoms with Crippen LogP contribution in [0.2, 0.25) is 0 Å². The average molecular weight is 620 g/mol. The van der Waals surface area contributed by atoms with Crippen molar-refractivity contribution in [1.82, 2.24) is 20.2 Å². The van der Waals surface area contributed by atoms with Gasteiger partial charge in [-0.2, -0.15) is 9.97 Å². The van der Waals surface area contributed by atoms with Crippen LogP contribution in [0.25, 0.3) is 32.8 Å². The molecule has 0 amide bonds. The molecule has 4 unspecified atom stereocenters. The maximum Gasteiger partial charge on any atom is 0.319 e. The minimum Gasteiger partial charge on any atom is -0.508 e. The fraction of sp³-hybridized carbons (Fsp3) is 0.471. The highest BCUT2D eigenvalue weighted by molar-refractivity contribution is 6.03. The maximum absolute atomic E-state index is 16.9. The molecule has 11 heteroatoms. The van der Waals surface area contributed by atoms with Gasteiger partial charge < -0.3 is 25.2 Å². The molecule has 45 heavy (non-hydrogen) atoms. The maximum atomic E-state index is 16.9. The second-order valence-electron chi connectivity index (χ2n) is 13.3. The van der Waals surface area contributed by atoms with Crippen molar-refractivity contribution in [2.75, 3.05) is 37.7 Å². The third kappa shape index (κ3) is 4.78. The molecule has 8 nitrogen and oxygen atoms in total. The van der Waals surface area contributed by atoms with Crippen molar-refractivity contribution in [1.29, 1.82) is 0 Å². The van der Waals surface area contributed by atoms with Crippen LogP contribution in [0, 0.1) is 11.6 Å². The number of rotatable bonds is 6. The van der Waals surface area contributed by atoms with Crippen LogP contribution in [0.3, 0.4) is 0 Å². The van der Waals surface area contributed by atoms with Crippen LogP contribution in [-0.4, -0.2) is 81.7 Å². The summed E-state index contributed by atoms with van der Waals surface area (Å²) in [6.45, 7) is 4.20. The predicted octanol–water partition coefficient (Wildman–Crippen LogP) is 5.38. The topological polar surface area (TPSA) is 94.0 Å². The molecule has 4 aliphatic heterocycles. The summed E-state index contributed by atoms with van der Waals surface area (Å²) in [6.07, 6.45) is 2.30. The Morgan fingerprint density at radius 1 is 1.11 bits per heavy atom. The summed E-state index contributed by atoms with van der Waals surface area (Å²) in [6, 6.07) is 9.69. The second-order valence-corrected chi connectivity index (χ2v) is 13.3. The number of phenolic OH excluding ortho intramolecular Hbond substituents is 1. The molecule has 8 rings (SSSR count). The number of alkyl halides is 1. The second kappa shape index (κ2) is 10.7. The number of piperazine rings is 1. The Balaban J connectivity index is 1.30. The zero-order valence-corrected chi connectivity index (χ0v) is 25.1. The lowest BCUT2D eigenvalue weighted by Crippen LogP contribution is -2.51. The van der Waals surface area contributed by atoms with E-state index in [-0.39, 0.29) is 52.5 Å². The van der Waals surface area contributed by atoms with Gasteiger partial charge in [0.1, 0.15) is 35.7 Å². The van der Waals surface area contributed by atoms with E-state index >= 15 is 8.78 Å². The van der Waals surface area contributed by atoms with E-state index in [4.69, 9.17) is 9.72 Å². The van der Waals surface area contributed by atoms with Gasteiger partial charge in [0.05, 0.1) is 17.2 Å². The summed E-state index contributed by atoms with van der Waals surface area (Å²) < 4.78 is 53.8. The molecule has 0 radical (unpaired) electrons. The molecule has 2 bridgehead atoms.